The lowest BCUT2D eigenvalue weighted by Gasteiger charge is -2.08. The van der Waals surface area contributed by atoms with Crippen LogP contribution in [0.25, 0.3) is 0 Å². The summed E-state index contributed by atoms with van der Waals surface area (Å²) in [4.78, 5) is 14.7. The molecule has 0 radical (unpaired) electrons. The lowest BCUT2D eigenvalue weighted by molar-refractivity contribution is 0.104. The van der Waals surface area contributed by atoms with E-state index >= 15 is 0 Å². The predicted molar refractivity (Wildman–Crippen MR) is 90.9 cm³/mol. The second-order valence-corrected chi connectivity index (χ2v) is 7.65. The van der Waals surface area contributed by atoms with E-state index in [2.05, 4.69) is 0 Å². The molecule has 6 heteroatoms. The van der Waals surface area contributed by atoms with E-state index in [1.807, 2.05) is 6.07 Å². The highest BCUT2D eigenvalue weighted by Gasteiger charge is 2.24. The van der Waals surface area contributed by atoms with Gasteiger partial charge in [-0.25, -0.2) is 0 Å². The molecular weight excluding hydrogens is 370 g/mol. The zero-order valence-electron chi connectivity index (χ0n) is 10.8. The first kappa shape index (κ1) is 15.6. The minimum Gasteiger partial charge on any atom is -0.288 e. The average molecular weight is 380 g/mol. The Labute approximate surface area is 146 Å². The molecule has 1 aromatic heterocycles. The maximum absolute atomic E-state index is 12.7. The first-order chi connectivity index (χ1) is 9.99. The molecule has 2 aromatic rings. The number of aryl methyl sites for hydroxylation is 2. The fourth-order valence-electron chi connectivity index (χ4n) is 2.50. The topological polar surface area (TPSA) is 17.1 Å². The van der Waals surface area contributed by atoms with Gasteiger partial charge in [0.1, 0.15) is 0 Å². The lowest BCUT2D eigenvalue weighted by atomic mass is 9.98. The first-order valence-corrected chi connectivity index (χ1v) is 8.81. The molecule has 1 aromatic carbocycles. The van der Waals surface area contributed by atoms with Crippen molar-refractivity contribution in [1.82, 2.24) is 0 Å². The molecule has 1 nitrogen and oxygen atoms in total. The molecule has 0 atom stereocenters. The molecule has 3 rings (SSSR count). The van der Waals surface area contributed by atoms with Gasteiger partial charge in [-0.1, -0.05) is 46.4 Å². The number of fused-ring (bicyclic) bond motifs is 1. The summed E-state index contributed by atoms with van der Waals surface area (Å²) in [6.45, 7) is 0. The van der Waals surface area contributed by atoms with Crippen LogP contribution in [0.3, 0.4) is 0 Å². The molecule has 0 saturated carbocycles. The summed E-state index contributed by atoms with van der Waals surface area (Å²) in [6.07, 6.45) is 4.42. The van der Waals surface area contributed by atoms with E-state index in [4.69, 9.17) is 46.4 Å². The van der Waals surface area contributed by atoms with Gasteiger partial charge in [0.2, 0.25) is 5.78 Å². The molecule has 0 aliphatic heterocycles. The Morgan fingerprint density at radius 3 is 2.38 bits per heavy atom. The van der Waals surface area contributed by atoms with Gasteiger partial charge in [0, 0.05) is 4.88 Å². The zero-order chi connectivity index (χ0) is 15.1. The number of ketones is 1. The normalized spacial score (nSPS) is 14.1. The second kappa shape index (κ2) is 6.10. The molecular formula is C15H10Cl4OS. The molecule has 0 spiro atoms. The van der Waals surface area contributed by atoms with E-state index in [0.29, 0.717) is 4.88 Å². The Kier molecular flexibility index (Phi) is 4.54. The second-order valence-electron chi connectivity index (χ2n) is 4.94. The fourth-order valence-corrected chi connectivity index (χ4v) is 4.78. The Hall–Kier alpha value is -0.250. The number of benzene rings is 1. The summed E-state index contributed by atoms with van der Waals surface area (Å²) in [6, 6.07) is 3.41. The smallest absolute Gasteiger partial charge is 0.206 e. The van der Waals surface area contributed by atoms with Crippen LogP contribution in [0.15, 0.2) is 12.1 Å². The van der Waals surface area contributed by atoms with Gasteiger partial charge in [0.05, 0.1) is 30.5 Å². The zero-order valence-corrected chi connectivity index (χ0v) is 14.7. The van der Waals surface area contributed by atoms with E-state index in [1.54, 1.807) is 0 Å². The Morgan fingerprint density at radius 2 is 1.67 bits per heavy atom. The number of rotatable bonds is 2. The average Bonchev–Trinajstić information content (AvgIpc) is 2.88. The van der Waals surface area contributed by atoms with Crippen molar-refractivity contribution in [2.24, 2.45) is 0 Å². The van der Waals surface area contributed by atoms with E-state index in [9.17, 15) is 4.79 Å². The summed E-state index contributed by atoms with van der Waals surface area (Å²) in [5.74, 6) is -0.192. The maximum atomic E-state index is 12.7. The van der Waals surface area contributed by atoms with Gasteiger partial charge in [-0.2, -0.15) is 0 Å². The number of carbonyl (C=O) groups excluding carboxylic acids is 1. The van der Waals surface area contributed by atoms with Gasteiger partial charge in [-0.15, -0.1) is 11.3 Å². The van der Waals surface area contributed by atoms with Crippen molar-refractivity contribution in [3.05, 3.63) is 53.1 Å². The van der Waals surface area contributed by atoms with Crippen LogP contribution in [-0.4, -0.2) is 5.78 Å². The number of hydrogen-bond acceptors (Lipinski definition) is 2. The van der Waals surface area contributed by atoms with Crippen LogP contribution in [0.2, 0.25) is 20.1 Å². The highest BCUT2D eigenvalue weighted by atomic mass is 35.5. The van der Waals surface area contributed by atoms with Gasteiger partial charge in [-0.3, -0.25) is 4.79 Å². The molecule has 110 valence electrons. The largest absolute Gasteiger partial charge is 0.288 e. The molecule has 0 saturated heterocycles. The highest BCUT2D eigenvalue weighted by molar-refractivity contribution is 7.14. The van der Waals surface area contributed by atoms with Crippen molar-refractivity contribution < 1.29 is 4.79 Å². The lowest BCUT2D eigenvalue weighted by Crippen LogP contribution is -2.02. The number of hydrogen-bond donors (Lipinski definition) is 0. The number of halogens is 4. The van der Waals surface area contributed by atoms with Crippen LogP contribution in [0.1, 0.15) is 38.5 Å². The van der Waals surface area contributed by atoms with Crippen LogP contribution in [0.5, 0.6) is 0 Å². The monoisotopic (exact) mass is 378 g/mol. The summed E-state index contributed by atoms with van der Waals surface area (Å²) >= 11 is 25.7. The van der Waals surface area contributed by atoms with Gasteiger partial charge < -0.3 is 0 Å². The fraction of sp³-hybridized carbons (Fsp3) is 0.267. The molecule has 0 fully saturated rings. The molecule has 0 amide bonds. The van der Waals surface area contributed by atoms with Crippen LogP contribution in [0.4, 0.5) is 0 Å². The third-order valence-corrected chi connectivity index (χ3v) is 6.36. The summed E-state index contributed by atoms with van der Waals surface area (Å²) in [7, 11) is 0. The van der Waals surface area contributed by atoms with Gasteiger partial charge in [0.15, 0.2) is 0 Å². The van der Waals surface area contributed by atoms with Crippen LogP contribution >= 0.6 is 57.7 Å². The Balaban J connectivity index is 2.07. The van der Waals surface area contributed by atoms with E-state index in [-0.39, 0.29) is 31.4 Å². The molecule has 0 unspecified atom stereocenters. The molecule has 0 N–H and O–H groups in total. The Bertz CT molecular complexity index is 712. The quantitative estimate of drug-likeness (QED) is 0.332. The van der Waals surface area contributed by atoms with E-state index in [1.165, 1.54) is 40.7 Å². The third-order valence-electron chi connectivity index (χ3n) is 3.56. The standard InChI is InChI=1S/C15H10Cl4OS/c16-8-6-9(17)13(18)14(19)12(8)15(20)11-5-7-3-1-2-4-10(7)21-11/h5-6H,1-4H2. The molecule has 21 heavy (non-hydrogen) atoms. The molecule has 0 bridgehead atoms. The Morgan fingerprint density at radius 1 is 0.952 bits per heavy atom. The van der Waals surface area contributed by atoms with Gasteiger partial charge in [0.25, 0.3) is 0 Å². The molecule has 1 aliphatic carbocycles. The number of thiophene rings is 1. The summed E-state index contributed by atoms with van der Waals surface area (Å²) < 4.78 is 0. The van der Waals surface area contributed by atoms with Crippen molar-refractivity contribution in [3.63, 3.8) is 0 Å². The molecule has 1 aliphatic rings. The number of carbonyl (C=O) groups is 1. The third kappa shape index (κ3) is 2.85. The first-order valence-electron chi connectivity index (χ1n) is 6.48. The SMILES string of the molecule is O=C(c1cc2c(s1)CCCC2)c1c(Cl)cc(Cl)c(Cl)c1Cl. The minimum atomic E-state index is -0.192. The highest BCUT2D eigenvalue weighted by Crippen LogP contribution is 2.40. The van der Waals surface area contributed by atoms with Crippen LogP contribution < -0.4 is 0 Å². The maximum Gasteiger partial charge on any atom is 0.206 e. The van der Waals surface area contributed by atoms with E-state index in [0.717, 1.165) is 12.8 Å². The van der Waals surface area contributed by atoms with E-state index < -0.39 is 0 Å². The van der Waals surface area contributed by atoms with Crippen molar-refractivity contribution >= 4 is 63.5 Å². The summed E-state index contributed by atoms with van der Waals surface area (Å²) in [5.41, 5.74) is 1.49. The van der Waals surface area contributed by atoms with Crippen molar-refractivity contribution in [2.75, 3.05) is 0 Å². The van der Waals surface area contributed by atoms with Gasteiger partial charge in [-0.05, 0) is 43.4 Å². The van der Waals surface area contributed by atoms with Crippen LogP contribution in [0, 0.1) is 0 Å². The van der Waals surface area contributed by atoms with Crippen molar-refractivity contribution in [2.45, 2.75) is 25.7 Å². The minimum absolute atomic E-state index is 0.116. The molecule has 1 heterocycles. The predicted octanol–water partition coefficient (Wildman–Crippen LogP) is 6.47. The van der Waals surface area contributed by atoms with Crippen molar-refractivity contribution in [3.8, 4) is 0 Å². The van der Waals surface area contributed by atoms with Gasteiger partial charge >= 0.3 is 0 Å². The van der Waals surface area contributed by atoms with Crippen LogP contribution in [-0.2, 0) is 12.8 Å². The van der Waals surface area contributed by atoms with Crippen molar-refractivity contribution in [1.29, 1.82) is 0 Å². The summed E-state index contributed by atoms with van der Waals surface area (Å²) in [5, 5.41) is 0.748.